The van der Waals surface area contributed by atoms with E-state index in [4.69, 9.17) is 10.5 Å². The molecule has 1 aliphatic heterocycles. The van der Waals surface area contributed by atoms with Gasteiger partial charge in [0.25, 0.3) is 0 Å². The van der Waals surface area contributed by atoms with Crippen molar-refractivity contribution < 1.29 is 9.53 Å². The molecule has 0 unspecified atom stereocenters. The van der Waals surface area contributed by atoms with Crippen LogP contribution in [-0.2, 0) is 4.79 Å². The molecule has 0 saturated carbocycles. The van der Waals surface area contributed by atoms with Crippen molar-refractivity contribution in [2.45, 2.75) is 12.8 Å². The number of carbonyl (C=O) groups is 1. The van der Waals surface area contributed by atoms with Gasteiger partial charge >= 0.3 is 0 Å². The van der Waals surface area contributed by atoms with Crippen LogP contribution in [0.3, 0.4) is 0 Å². The molecule has 5 rings (SSSR count). The summed E-state index contributed by atoms with van der Waals surface area (Å²) in [6, 6.07) is 27.3. The highest BCUT2D eigenvalue weighted by molar-refractivity contribution is 5.91. The van der Waals surface area contributed by atoms with E-state index in [1.54, 1.807) is 6.08 Å². The molecule has 3 aromatic carbocycles. The number of likely N-dealkylation sites (tertiary alicyclic amines) is 1. The number of benzene rings is 3. The fraction of sp³-hybridized carbons (Fsp3) is 0.194. The van der Waals surface area contributed by atoms with Crippen LogP contribution in [0.2, 0.25) is 0 Å². The molecule has 2 heterocycles. The Balaban J connectivity index is 1.17. The standard InChI is InChI=1S/C31H31N5O2/c32-30-29(25-12-14-27(15-13-25)38-26-9-5-2-6-10-26)31(35-22-34-30)33-21-24-17-19-36(20-18-24)28(37)16-11-23-7-3-1-4-8-23/h1-16,22,24H,17-21H2,(H3,32,33,34,35)/b16-11+. The van der Waals surface area contributed by atoms with E-state index in [-0.39, 0.29) is 5.91 Å². The van der Waals surface area contributed by atoms with Crippen LogP contribution in [0.4, 0.5) is 11.6 Å². The predicted molar refractivity (Wildman–Crippen MR) is 152 cm³/mol. The molecule has 3 N–H and O–H groups in total. The summed E-state index contributed by atoms with van der Waals surface area (Å²) in [6.07, 6.45) is 6.88. The Labute approximate surface area is 223 Å². The minimum absolute atomic E-state index is 0.0609. The Morgan fingerprint density at radius 3 is 2.29 bits per heavy atom. The molecule has 1 amide bonds. The topological polar surface area (TPSA) is 93.4 Å². The molecule has 1 fully saturated rings. The first-order chi connectivity index (χ1) is 18.7. The first kappa shape index (κ1) is 25.0. The third-order valence-electron chi connectivity index (χ3n) is 6.70. The first-order valence-electron chi connectivity index (χ1n) is 12.9. The lowest BCUT2D eigenvalue weighted by Crippen LogP contribution is -2.39. The Hall–Kier alpha value is -4.65. The Kier molecular flexibility index (Phi) is 7.94. The largest absolute Gasteiger partial charge is 0.457 e. The molecule has 1 aliphatic rings. The van der Waals surface area contributed by atoms with Crippen molar-refractivity contribution in [2.24, 2.45) is 5.92 Å². The molecule has 0 bridgehead atoms. The number of ether oxygens (including phenoxy) is 1. The molecule has 38 heavy (non-hydrogen) atoms. The maximum atomic E-state index is 12.6. The second-order valence-corrected chi connectivity index (χ2v) is 9.32. The summed E-state index contributed by atoms with van der Waals surface area (Å²) in [5.74, 6) is 3.15. The monoisotopic (exact) mass is 505 g/mol. The molecule has 1 aromatic heterocycles. The van der Waals surface area contributed by atoms with Gasteiger partial charge in [0.2, 0.25) is 5.91 Å². The maximum absolute atomic E-state index is 12.6. The number of carbonyl (C=O) groups excluding carboxylic acids is 1. The highest BCUT2D eigenvalue weighted by Crippen LogP contribution is 2.33. The van der Waals surface area contributed by atoms with Gasteiger partial charge in [-0.25, -0.2) is 9.97 Å². The van der Waals surface area contributed by atoms with Gasteiger partial charge in [0.05, 0.1) is 5.56 Å². The van der Waals surface area contributed by atoms with Crippen LogP contribution in [-0.4, -0.2) is 40.4 Å². The van der Waals surface area contributed by atoms with Crippen LogP contribution >= 0.6 is 0 Å². The molecule has 0 spiro atoms. The van der Waals surface area contributed by atoms with Crippen LogP contribution in [0, 0.1) is 5.92 Å². The summed E-state index contributed by atoms with van der Waals surface area (Å²) < 4.78 is 5.91. The normalized spacial score (nSPS) is 13.9. The van der Waals surface area contributed by atoms with Crippen molar-refractivity contribution in [1.82, 2.24) is 14.9 Å². The van der Waals surface area contributed by atoms with Gasteiger partial charge in [0.1, 0.15) is 29.5 Å². The lowest BCUT2D eigenvalue weighted by atomic mass is 9.96. The lowest BCUT2D eigenvalue weighted by Gasteiger charge is -2.31. The molecule has 0 radical (unpaired) electrons. The molecular formula is C31H31N5O2. The van der Waals surface area contributed by atoms with Crippen molar-refractivity contribution in [3.63, 3.8) is 0 Å². The second-order valence-electron chi connectivity index (χ2n) is 9.32. The van der Waals surface area contributed by atoms with Crippen LogP contribution in [0.5, 0.6) is 11.5 Å². The zero-order chi connectivity index (χ0) is 26.2. The number of nitrogens with one attached hydrogen (secondary N) is 1. The number of hydrogen-bond acceptors (Lipinski definition) is 6. The number of rotatable bonds is 8. The van der Waals surface area contributed by atoms with E-state index in [2.05, 4.69) is 15.3 Å². The van der Waals surface area contributed by atoms with Crippen LogP contribution in [0.15, 0.2) is 97.3 Å². The number of aromatic nitrogens is 2. The van der Waals surface area contributed by atoms with Crippen molar-refractivity contribution >= 4 is 23.6 Å². The van der Waals surface area contributed by atoms with Gasteiger partial charge in [0.15, 0.2) is 0 Å². The first-order valence-corrected chi connectivity index (χ1v) is 12.9. The Morgan fingerprint density at radius 2 is 1.58 bits per heavy atom. The molecule has 7 nitrogen and oxygen atoms in total. The third-order valence-corrected chi connectivity index (χ3v) is 6.70. The van der Waals surface area contributed by atoms with Crippen LogP contribution in [0.25, 0.3) is 17.2 Å². The highest BCUT2D eigenvalue weighted by atomic mass is 16.5. The van der Waals surface area contributed by atoms with E-state index < -0.39 is 0 Å². The average molecular weight is 506 g/mol. The van der Waals surface area contributed by atoms with Gasteiger partial charge in [-0.2, -0.15) is 0 Å². The number of nitrogens with zero attached hydrogens (tertiary/aromatic N) is 3. The van der Waals surface area contributed by atoms with Crippen molar-refractivity contribution in [1.29, 1.82) is 0 Å². The number of amides is 1. The van der Waals surface area contributed by atoms with E-state index in [1.807, 2.05) is 95.9 Å². The van der Waals surface area contributed by atoms with Crippen molar-refractivity contribution in [2.75, 3.05) is 30.7 Å². The Bertz CT molecular complexity index is 1370. The van der Waals surface area contributed by atoms with E-state index in [0.717, 1.165) is 60.7 Å². The quantitative estimate of drug-likeness (QED) is 0.290. The number of nitrogen functional groups attached to an aromatic ring is 1. The number of piperidine rings is 1. The number of hydrogen-bond donors (Lipinski definition) is 2. The SMILES string of the molecule is Nc1ncnc(NCC2CCN(C(=O)/C=C/c3ccccc3)CC2)c1-c1ccc(Oc2ccccc2)cc1. The Morgan fingerprint density at radius 1 is 0.921 bits per heavy atom. The minimum Gasteiger partial charge on any atom is -0.457 e. The number of nitrogens with two attached hydrogens (primary N) is 1. The summed E-state index contributed by atoms with van der Waals surface area (Å²) in [6.45, 7) is 2.23. The zero-order valence-corrected chi connectivity index (χ0v) is 21.2. The third kappa shape index (κ3) is 6.37. The zero-order valence-electron chi connectivity index (χ0n) is 21.2. The molecule has 7 heteroatoms. The van der Waals surface area contributed by atoms with Gasteiger partial charge in [-0.05, 0) is 60.2 Å². The fourth-order valence-corrected chi connectivity index (χ4v) is 4.57. The van der Waals surface area contributed by atoms with Crippen molar-refractivity contribution in [3.05, 3.63) is 103 Å². The van der Waals surface area contributed by atoms with Crippen LogP contribution in [0.1, 0.15) is 18.4 Å². The fourth-order valence-electron chi connectivity index (χ4n) is 4.57. The summed E-state index contributed by atoms with van der Waals surface area (Å²) in [5.41, 5.74) is 8.99. The molecule has 4 aromatic rings. The molecule has 0 atom stereocenters. The minimum atomic E-state index is 0.0609. The summed E-state index contributed by atoms with van der Waals surface area (Å²) in [4.78, 5) is 23.2. The van der Waals surface area contributed by atoms with E-state index >= 15 is 0 Å². The highest BCUT2D eigenvalue weighted by Gasteiger charge is 2.22. The second kappa shape index (κ2) is 12.1. The van der Waals surface area contributed by atoms with Crippen molar-refractivity contribution in [3.8, 4) is 22.6 Å². The van der Waals surface area contributed by atoms with Gasteiger partial charge in [0, 0.05) is 25.7 Å². The summed E-state index contributed by atoms with van der Waals surface area (Å²) in [5, 5.41) is 3.49. The molecule has 192 valence electrons. The van der Waals surface area contributed by atoms with Crippen LogP contribution < -0.4 is 15.8 Å². The predicted octanol–water partition coefficient (Wildman–Crippen LogP) is 5.88. The lowest BCUT2D eigenvalue weighted by molar-refractivity contribution is -0.127. The van der Waals surface area contributed by atoms with Gasteiger partial charge in [-0.1, -0.05) is 60.7 Å². The van der Waals surface area contributed by atoms with Gasteiger partial charge in [-0.15, -0.1) is 0 Å². The molecule has 1 saturated heterocycles. The maximum Gasteiger partial charge on any atom is 0.246 e. The van der Waals surface area contributed by atoms with Gasteiger partial charge < -0.3 is 20.7 Å². The number of anilines is 2. The molecular weight excluding hydrogens is 474 g/mol. The number of para-hydroxylation sites is 1. The van der Waals surface area contributed by atoms with E-state index in [9.17, 15) is 4.79 Å². The average Bonchev–Trinajstić information content (AvgIpc) is 2.97. The summed E-state index contributed by atoms with van der Waals surface area (Å²) >= 11 is 0. The smallest absolute Gasteiger partial charge is 0.246 e. The summed E-state index contributed by atoms with van der Waals surface area (Å²) in [7, 11) is 0. The van der Waals surface area contributed by atoms with Gasteiger partial charge in [-0.3, -0.25) is 4.79 Å². The van der Waals surface area contributed by atoms with E-state index in [1.165, 1.54) is 6.33 Å². The van der Waals surface area contributed by atoms with E-state index in [0.29, 0.717) is 17.6 Å². The molecule has 0 aliphatic carbocycles.